The first-order valence-corrected chi connectivity index (χ1v) is 8.59. The van der Waals surface area contributed by atoms with Crippen molar-refractivity contribution < 1.29 is 9.53 Å². The fourth-order valence-electron chi connectivity index (χ4n) is 3.24. The molecular weight excluding hydrogens is 312 g/mol. The van der Waals surface area contributed by atoms with Gasteiger partial charge in [-0.15, -0.1) is 0 Å². The van der Waals surface area contributed by atoms with Gasteiger partial charge >= 0.3 is 6.09 Å². The maximum atomic E-state index is 11.9. The molecule has 0 radical (unpaired) electrons. The average Bonchev–Trinajstić information content (AvgIpc) is 3.44. The van der Waals surface area contributed by atoms with Crippen molar-refractivity contribution in [2.24, 2.45) is 5.92 Å². The Balaban J connectivity index is 1.30. The fourth-order valence-corrected chi connectivity index (χ4v) is 3.24. The number of aromatic nitrogens is 1. The minimum atomic E-state index is -0.361. The summed E-state index contributed by atoms with van der Waals surface area (Å²) in [7, 11) is 0. The van der Waals surface area contributed by atoms with Gasteiger partial charge in [0.2, 0.25) is 0 Å². The predicted molar refractivity (Wildman–Crippen MR) is 97.2 cm³/mol. The second kappa shape index (κ2) is 6.93. The largest absolute Gasteiger partial charge is 0.445 e. The molecule has 1 fully saturated rings. The van der Waals surface area contributed by atoms with Gasteiger partial charge in [-0.25, -0.2) is 4.79 Å². The smallest absolute Gasteiger partial charge is 0.407 e. The van der Waals surface area contributed by atoms with Crippen LogP contribution in [0, 0.1) is 5.92 Å². The first kappa shape index (κ1) is 15.6. The van der Waals surface area contributed by atoms with Gasteiger partial charge in [0, 0.05) is 24.0 Å². The van der Waals surface area contributed by atoms with Crippen LogP contribution in [0.3, 0.4) is 0 Å². The fraction of sp³-hybridized carbons (Fsp3) is 0.238. The number of amides is 1. The number of pyridine rings is 1. The molecule has 1 amide bonds. The average molecular weight is 332 g/mol. The molecule has 1 aliphatic carbocycles. The van der Waals surface area contributed by atoms with E-state index in [0.29, 0.717) is 25.0 Å². The second-order valence-electron chi connectivity index (χ2n) is 6.46. The predicted octanol–water partition coefficient (Wildman–Crippen LogP) is 4.26. The molecule has 0 aliphatic heterocycles. The first-order valence-electron chi connectivity index (χ1n) is 8.59. The molecule has 1 saturated carbocycles. The molecule has 1 heterocycles. The van der Waals surface area contributed by atoms with E-state index >= 15 is 0 Å². The number of carbonyl (C=O) groups excluding carboxylic acids is 1. The molecule has 0 spiro atoms. The van der Waals surface area contributed by atoms with Crippen molar-refractivity contribution in [2.75, 3.05) is 6.54 Å². The molecule has 0 saturated heterocycles. The zero-order chi connectivity index (χ0) is 17.1. The molecule has 4 nitrogen and oxygen atoms in total. The van der Waals surface area contributed by atoms with Gasteiger partial charge in [0.25, 0.3) is 0 Å². The molecule has 4 heteroatoms. The lowest BCUT2D eigenvalue weighted by atomic mass is 10.1. The number of carbonyl (C=O) groups is 1. The summed E-state index contributed by atoms with van der Waals surface area (Å²) in [5.41, 5.74) is 2.13. The van der Waals surface area contributed by atoms with Gasteiger partial charge in [0.15, 0.2) is 0 Å². The maximum Gasteiger partial charge on any atom is 0.407 e. The maximum absolute atomic E-state index is 11.9. The Morgan fingerprint density at radius 1 is 1.08 bits per heavy atom. The number of hydrogen-bond acceptors (Lipinski definition) is 3. The highest BCUT2D eigenvalue weighted by Crippen LogP contribution is 2.48. The molecule has 1 N–H and O–H groups in total. The van der Waals surface area contributed by atoms with E-state index in [1.165, 1.54) is 10.8 Å². The Labute approximate surface area is 146 Å². The van der Waals surface area contributed by atoms with E-state index < -0.39 is 0 Å². The van der Waals surface area contributed by atoms with Gasteiger partial charge < -0.3 is 10.1 Å². The van der Waals surface area contributed by atoms with Crippen LogP contribution in [-0.2, 0) is 11.3 Å². The van der Waals surface area contributed by atoms with E-state index in [0.717, 1.165) is 17.7 Å². The molecule has 2 atom stereocenters. The van der Waals surface area contributed by atoms with Crippen molar-refractivity contribution in [1.82, 2.24) is 10.3 Å². The lowest BCUT2D eigenvalue weighted by molar-refractivity contribution is 0.139. The monoisotopic (exact) mass is 332 g/mol. The topological polar surface area (TPSA) is 51.2 Å². The summed E-state index contributed by atoms with van der Waals surface area (Å²) in [6.45, 7) is 0.925. The van der Waals surface area contributed by atoms with Crippen molar-refractivity contribution in [3.63, 3.8) is 0 Å². The molecule has 4 rings (SSSR count). The molecule has 0 bridgehead atoms. The molecule has 25 heavy (non-hydrogen) atoms. The van der Waals surface area contributed by atoms with Crippen molar-refractivity contribution in [1.29, 1.82) is 0 Å². The number of nitrogens with one attached hydrogen (secondary N) is 1. The third-order valence-corrected chi connectivity index (χ3v) is 4.70. The number of rotatable bonds is 5. The number of hydrogen-bond donors (Lipinski definition) is 1. The first-order chi connectivity index (χ1) is 12.3. The van der Waals surface area contributed by atoms with Crippen LogP contribution in [0.2, 0.25) is 0 Å². The molecule has 3 aromatic rings. The minimum absolute atomic E-state index is 0.297. The highest BCUT2D eigenvalue weighted by molar-refractivity contribution is 5.85. The van der Waals surface area contributed by atoms with Gasteiger partial charge in [-0.2, -0.15) is 0 Å². The Kier molecular flexibility index (Phi) is 4.34. The van der Waals surface area contributed by atoms with Crippen molar-refractivity contribution in [3.8, 4) is 0 Å². The third kappa shape index (κ3) is 3.63. The third-order valence-electron chi connectivity index (χ3n) is 4.70. The zero-order valence-corrected chi connectivity index (χ0v) is 13.9. The van der Waals surface area contributed by atoms with Gasteiger partial charge in [0.1, 0.15) is 6.61 Å². The Bertz CT molecular complexity index is 874. The van der Waals surface area contributed by atoms with Gasteiger partial charge in [0.05, 0.1) is 5.69 Å². The summed E-state index contributed by atoms with van der Waals surface area (Å²) in [6.07, 6.45) is 2.56. The zero-order valence-electron chi connectivity index (χ0n) is 13.9. The van der Waals surface area contributed by atoms with Crippen LogP contribution in [0.15, 0.2) is 66.9 Å². The van der Waals surface area contributed by atoms with Crippen LogP contribution in [0.1, 0.15) is 23.6 Å². The molecule has 126 valence electrons. The normalized spacial score (nSPS) is 18.7. The van der Waals surface area contributed by atoms with Crippen LogP contribution in [0.25, 0.3) is 10.8 Å². The van der Waals surface area contributed by atoms with E-state index in [1.807, 2.05) is 54.7 Å². The second-order valence-corrected chi connectivity index (χ2v) is 6.46. The van der Waals surface area contributed by atoms with Gasteiger partial charge in [-0.05, 0) is 29.4 Å². The summed E-state index contributed by atoms with van der Waals surface area (Å²) in [5, 5.41) is 5.30. The number of fused-ring (bicyclic) bond motifs is 1. The molecular formula is C21H20N2O2. The van der Waals surface area contributed by atoms with Crippen LogP contribution in [-0.4, -0.2) is 17.6 Å². The summed E-state index contributed by atoms with van der Waals surface area (Å²) in [6, 6.07) is 20.0. The van der Waals surface area contributed by atoms with E-state index in [-0.39, 0.29) is 6.09 Å². The van der Waals surface area contributed by atoms with Crippen molar-refractivity contribution in [3.05, 3.63) is 78.1 Å². The number of alkyl carbamates (subject to hydrolysis) is 1. The minimum Gasteiger partial charge on any atom is -0.445 e. The van der Waals surface area contributed by atoms with Crippen molar-refractivity contribution in [2.45, 2.75) is 18.9 Å². The number of nitrogens with zero attached hydrogens (tertiary/aromatic N) is 1. The molecule has 1 aliphatic rings. The van der Waals surface area contributed by atoms with E-state index in [1.54, 1.807) is 0 Å². The van der Waals surface area contributed by atoms with Crippen molar-refractivity contribution >= 4 is 16.9 Å². The Morgan fingerprint density at radius 2 is 1.88 bits per heavy atom. The number of ether oxygens (including phenoxy) is 1. The summed E-state index contributed by atoms with van der Waals surface area (Å²) in [4.78, 5) is 16.4. The lowest BCUT2D eigenvalue weighted by Gasteiger charge is -2.08. The summed E-state index contributed by atoms with van der Waals surface area (Å²) in [5.74, 6) is 0.850. The Hall–Kier alpha value is -2.88. The van der Waals surface area contributed by atoms with Crippen LogP contribution < -0.4 is 5.32 Å². The highest BCUT2D eigenvalue weighted by Gasteiger charge is 2.40. The highest BCUT2D eigenvalue weighted by atomic mass is 16.5. The van der Waals surface area contributed by atoms with Crippen LogP contribution >= 0.6 is 0 Å². The SMILES string of the molecule is O=C(NCC1CC1c1nccc2ccccc12)OCc1ccccc1. The van der Waals surface area contributed by atoms with Gasteiger partial charge in [-0.1, -0.05) is 54.6 Å². The summed E-state index contributed by atoms with van der Waals surface area (Å²) < 4.78 is 5.25. The lowest BCUT2D eigenvalue weighted by Crippen LogP contribution is -2.26. The van der Waals surface area contributed by atoms with E-state index in [9.17, 15) is 4.79 Å². The summed E-state index contributed by atoms with van der Waals surface area (Å²) >= 11 is 0. The molecule has 2 aromatic carbocycles. The molecule has 1 aromatic heterocycles. The molecule has 2 unspecified atom stereocenters. The van der Waals surface area contributed by atoms with E-state index in [2.05, 4.69) is 22.4 Å². The number of benzene rings is 2. The van der Waals surface area contributed by atoms with Crippen LogP contribution in [0.4, 0.5) is 4.79 Å². The van der Waals surface area contributed by atoms with Gasteiger partial charge in [-0.3, -0.25) is 4.98 Å². The van der Waals surface area contributed by atoms with Crippen LogP contribution in [0.5, 0.6) is 0 Å². The quantitative estimate of drug-likeness (QED) is 0.759. The Morgan fingerprint density at radius 3 is 2.76 bits per heavy atom. The van der Waals surface area contributed by atoms with E-state index in [4.69, 9.17) is 4.74 Å². The standard InChI is InChI=1S/C21H20N2O2/c24-21(25-14-15-6-2-1-3-7-15)23-13-17-12-19(17)20-18-9-5-4-8-16(18)10-11-22-20/h1-11,17,19H,12-14H2,(H,23,24).